The summed E-state index contributed by atoms with van der Waals surface area (Å²) in [6.45, 7) is 5.69. The lowest BCUT2D eigenvalue weighted by Gasteiger charge is -2.16. The van der Waals surface area contributed by atoms with E-state index < -0.39 is 5.82 Å². The minimum absolute atomic E-state index is 0.110. The van der Waals surface area contributed by atoms with Gasteiger partial charge in [0.25, 0.3) is 0 Å². The van der Waals surface area contributed by atoms with E-state index in [4.69, 9.17) is 10.5 Å². The van der Waals surface area contributed by atoms with Gasteiger partial charge < -0.3 is 15.8 Å². The number of rotatable bonds is 4. The molecule has 5 heteroatoms. The van der Waals surface area contributed by atoms with Crippen molar-refractivity contribution < 1.29 is 9.13 Å². The van der Waals surface area contributed by atoms with Crippen LogP contribution in [-0.2, 0) is 0 Å². The maximum absolute atomic E-state index is 13.8. The Bertz CT molecular complexity index is 659. The predicted molar refractivity (Wildman–Crippen MR) is 88.7 cm³/mol. The van der Waals surface area contributed by atoms with Crippen molar-refractivity contribution in [2.24, 2.45) is 0 Å². The van der Waals surface area contributed by atoms with Gasteiger partial charge in [0.15, 0.2) is 11.6 Å². The SMILES string of the molecule is Cc1cccc(Nc2cc(OC(C)C)c(F)cc2N)c1Br. The molecule has 0 aromatic heterocycles. The van der Waals surface area contributed by atoms with Gasteiger partial charge in [-0.2, -0.15) is 0 Å². The molecule has 0 aliphatic carbocycles. The molecule has 0 spiro atoms. The minimum Gasteiger partial charge on any atom is -0.488 e. The summed E-state index contributed by atoms with van der Waals surface area (Å²) in [7, 11) is 0. The Morgan fingerprint density at radius 3 is 2.62 bits per heavy atom. The number of halogens is 2. The van der Waals surface area contributed by atoms with Crippen molar-refractivity contribution in [3.8, 4) is 5.75 Å². The van der Waals surface area contributed by atoms with E-state index in [1.807, 2.05) is 39.0 Å². The van der Waals surface area contributed by atoms with Crippen LogP contribution in [0.2, 0.25) is 0 Å². The molecule has 3 nitrogen and oxygen atoms in total. The third kappa shape index (κ3) is 3.67. The second-order valence-electron chi connectivity index (χ2n) is 5.10. The molecule has 3 N–H and O–H groups in total. The largest absolute Gasteiger partial charge is 0.488 e. The predicted octanol–water partition coefficient (Wildman–Crippen LogP) is 5.01. The van der Waals surface area contributed by atoms with Crippen LogP contribution in [0.25, 0.3) is 0 Å². The van der Waals surface area contributed by atoms with Crippen LogP contribution in [0.1, 0.15) is 19.4 Å². The Morgan fingerprint density at radius 1 is 1.24 bits per heavy atom. The fraction of sp³-hybridized carbons (Fsp3) is 0.250. The van der Waals surface area contributed by atoms with Gasteiger partial charge in [-0.15, -0.1) is 0 Å². The van der Waals surface area contributed by atoms with Crippen LogP contribution in [0.5, 0.6) is 5.75 Å². The van der Waals surface area contributed by atoms with Crippen LogP contribution < -0.4 is 15.8 Å². The molecule has 0 aliphatic heterocycles. The summed E-state index contributed by atoms with van der Waals surface area (Å²) in [6.07, 6.45) is -0.110. The van der Waals surface area contributed by atoms with Gasteiger partial charge in [-0.3, -0.25) is 0 Å². The first kappa shape index (κ1) is 15.6. The van der Waals surface area contributed by atoms with Crippen molar-refractivity contribution in [2.45, 2.75) is 26.9 Å². The van der Waals surface area contributed by atoms with Crippen molar-refractivity contribution in [2.75, 3.05) is 11.1 Å². The van der Waals surface area contributed by atoms with Crippen LogP contribution in [-0.4, -0.2) is 6.10 Å². The number of ether oxygens (including phenoxy) is 1. The molecule has 0 heterocycles. The molecule has 0 bridgehead atoms. The molecule has 0 saturated heterocycles. The van der Waals surface area contributed by atoms with Crippen molar-refractivity contribution >= 4 is 33.0 Å². The third-order valence-corrected chi connectivity index (χ3v) is 3.98. The molecule has 0 amide bonds. The molecule has 0 fully saturated rings. The van der Waals surface area contributed by atoms with Crippen LogP contribution in [0.15, 0.2) is 34.8 Å². The van der Waals surface area contributed by atoms with Crippen molar-refractivity contribution in [3.63, 3.8) is 0 Å². The van der Waals surface area contributed by atoms with Crippen LogP contribution in [0, 0.1) is 12.7 Å². The van der Waals surface area contributed by atoms with Crippen molar-refractivity contribution in [1.29, 1.82) is 0 Å². The highest BCUT2D eigenvalue weighted by Crippen LogP contribution is 2.34. The first-order valence-corrected chi connectivity index (χ1v) is 7.45. The van der Waals surface area contributed by atoms with Gasteiger partial charge in [-0.1, -0.05) is 12.1 Å². The summed E-state index contributed by atoms with van der Waals surface area (Å²) in [4.78, 5) is 0. The fourth-order valence-corrected chi connectivity index (χ4v) is 2.27. The number of benzene rings is 2. The second kappa shape index (κ2) is 6.35. The molecule has 21 heavy (non-hydrogen) atoms. The topological polar surface area (TPSA) is 47.3 Å². The number of nitrogens with two attached hydrogens (primary N) is 1. The van der Waals surface area contributed by atoms with E-state index in [9.17, 15) is 4.39 Å². The van der Waals surface area contributed by atoms with Gasteiger partial charge in [0.05, 0.1) is 23.2 Å². The summed E-state index contributed by atoms with van der Waals surface area (Å²) in [5.41, 5.74) is 8.79. The molecule has 0 atom stereocenters. The number of hydrogen-bond acceptors (Lipinski definition) is 3. The zero-order valence-corrected chi connectivity index (χ0v) is 13.8. The lowest BCUT2D eigenvalue weighted by molar-refractivity contribution is 0.231. The maximum Gasteiger partial charge on any atom is 0.167 e. The third-order valence-electron chi connectivity index (χ3n) is 2.93. The summed E-state index contributed by atoms with van der Waals surface area (Å²) in [6, 6.07) is 8.70. The normalized spacial score (nSPS) is 10.8. The van der Waals surface area contributed by atoms with E-state index in [-0.39, 0.29) is 11.9 Å². The molecular weight excluding hydrogens is 335 g/mol. The highest BCUT2D eigenvalue weighted by atomic mass is 79.9. The number of hydrogen-bond donors (Lipinski definition) is 2. The van der Waals surface area contributed by atoms with Crippen LogP contribution in [0.4, 0.5) is 21.5 Å². The Kier molecular flexibility index (Phi) is 4.73. The monoisotopic (exact) mass is 352 g/mol. The molecule has 112 valence electrons. The Morgan fingerprint density at radius 2 is 1.95 bits per heavy atom. The highest BCUT2D eigenvalue weighted by Gasteiger charge is 2.12. The lowest BCUT2D eigenvalue weighted by Crippen LogP contribution is -2.08. The zero-order valence-electron chi connectivity index (χ0n) is 12.2. The van der Waals surface area contributed by atoms with Gasteiger partial charge >= 0.3 is 0 Å². The van der Waals surface area contributed by atoms with Crippen molar-refractivity contribution in [3.05, 3.63) is 46.2 Å². The molecule has 0 unspecified atom stereocenters. The standard InChI is InChI=1S/C16H18BrFN2O/c1-9(2)21-15-8-14(12(19)7-11(15)18)20-13-6-4-5-10(3)16(13)17/h4-9,20H,19H2,1-3H3. The van der Waals surface area contributed by atoms with Gasteiger partial charge in [0.2, 0.25) is 0 Å². The fourth-order valence-electron chi connectivity index (χ4n) is 1.91. The van der Waals surface area contributed by atoms with Crippen LogP contribution in [0.3, 0.4) is 0 Å². The number of nitrogen functional groups attached to an aromatic ring is 1. The first-order chi connectivity index (χ1) is 9.88. The minimum atomic E-state index is -0.463. The lowest BCUT2D eigenvalue weighted by atomic mass is 10.2. The van der Waals surface area contributed by atoms with E-state index in [0.717, 1.165) is 15.7 Å². The molecule has 2 rings (SSSR count). The van der Waals surface area contributed by atoms with E-state index in [2.05, 4.69) is 21.2 Å². The molecule has 0 aliphatic rings. The Labute approximate surface area is 132 Å². The van der Waals surface area contributed by atoms with E-state index >= 15 is 0 Å². The summed E-state index contributed by atoms with van der Waals surface area (Å²) in [5.74, 6) is -0.277. The molecule has 0 radical (unpaired) electrons. The second-order valence-corrected chi connectivity index (χ2v) is 5.89. The Balaban J connectivity index is 2.37. The maximum atomic E-state index is 13.8. The summed E-state index contributed by atoms with van der Waals surface area (Å²) >= 11 is 3.53. The smallest absolute Gasteiger partial charge is 0.167 e. The zero-order chi connectivity index (χ0) is 15.6. The average molecular weight is 353 g/mol. The summed E-state index contributed by atoms with van der Waals surface area (Å²) < 4.78 is 20.2. The highest BCUT2D eigenvalue weighted by molar-refractivity contribution is 9.10. The van der Waals surface area contributed by atoms with E-state index in [1.165, 1.54) is 6.07 Å². The molecule has 2 aromatic rings. The Hall–Kier alpha value is -1.75. The molecule has 2 aromatic carbocycles. The summed E-state index contributed by atoms with van der Waals surface area (Å²) in [5, 5.41) is 3.20. The number of nitrogens with one attached hydrogen (secondary N) is 1. The van der Waals surface area contributed by atoms with Crippen LogP contribution >= 0.6 is 15.9 Å². The van der Waals surface area contributed by atoms with Crippen molar-refractivity contribution in [1.82, 2.24) is 0 Å². The van der Waals surface area contributed by atoms with Gasteiger partial charge in [-0.25, -0.2) is 4.39 Å². The van der Waals surface area contributed by atoms with E-state index in [0.29, 0.717) is 11.4 Å². The average Bonchev–Trinajstić information content (AvgIpc) is 2.40. The first-order valence-electron chi connectivity index (χ1n) is 6.66. The van der Waals surface area contributed by atoms with E-state index in [1.54, 1.807) is 6.07 Å². The van der Waals surface area contributed by atoms with Gasteiger partial charge in [0.1, 0.15) is 0 Å². The van der Waals surface area contributed by atoms with Gasteiger partial charge in [-0.05, 0) is 48.3 Å². The number of anilines is 3. The quantitative estimate of drug-likeness (QED) is 0.760. The number of aryl methyl sites for hydroxylation is 1. The van der Waals surface area contributed by atoms with Gasteiger partial charge in [0, 0.05) is 16.6 Å². The molecule has 0 saturated carbocycles. The molecular formula is C16H18BrFN2O.